The smallest absolute Gasteiger partial charge is 0.229 e. The van der Waals surface area contributed by atoms with Crippen LogP contribution in [0.5, 0.6) is 11.6 Å². The molecule has 2 aromatic carbocycles. The average molecular weight is 372 g/mol. The molecular formula is C22H20N4O2. The van der Waals surface area contributed by atoms with E-state index in [-0.39, 0.29) is 11.8 Å². The predicted octanol–water partition coefficient (Wildman–Crippen LogP) is 3.72. The van der Waals surface area contributed by atoms with E-state index in [4.69, 9.17) is 15.2 Å². The summed E-state index contributed by atoms with van der Waals surface area (Å²) in [5.41, 5.74) is 11.0. The van der Waals surface area contributed by atoms with Gasteiger partial charge in [-0.3, -0.25) is 0 Å². The number of hydrogen-bond donors (Lipinski definition) is 1. The number of aryl methyl sites for hydroxylation is 2. The Morgan fingerprint density at radius 1 is 1.18 bits per heavy atom. The topological polar surface area (TPSA) is 86.1 Å². The quantitative estimate of drug-likeness (QED) is 0.757. The first-order valence-electron chi connectivity index (χ1n) is 8.91. The van der Waals surface area contributed by atoms with Crippen LogP contribution in [0, 0.1) is 25.2 Å². The highest BCUT2D eigenvalue weighted by atomic mass is 16.5. The lowest BCUT2D eigenvalue weighted by molar-refractivity contribution is 0.366. The molecule has 2 heterocycles. The first-order valence-corrected chi connectivity index (χ1v) is 8.91. The third-order valence-corrected chi connectivity index (χ3v) is 4.94. The SMILES string of the molecule is COc1cccc([C@H]2C(C#N)=C(N)Oc3c2c(C)nn3-c2ccc(C)cc2)c1. The molecule has 0 saturated heterocycles. The number of nitrogens with zero attached hydrogens (tertiary/aromatic N) is 3. The Balaban J connectivity index is 1.94. The first-order chi connectivity index (χ1) is 13.5. The highest BCUT2D eigenvalue weighted by molar-refractivity contribution is 5.57. The molecule has 2 N–H and O–H groups in total. The Kier molecular flexibility index (Phi) is 4.28. The number of hydrogen-bond acceptors (Lipinski definition) is 5. The normalized spacial score (nSPS) is 15.6. The van der Waals surface area contributed by atoms with Gasteiger partial charge in [0.25, 0.3) is 0 Å². The zero-order valence-electron chi connectivity index (χ0n) is 15.9. The number of methoxy groups -OCH3 is 1. The molecule has 1 aliphatic heterocycles. The molecule has 1 atom stereocenters. The molecule has 4 rings (SSSR count). The van der Waals surface area contributed by atoms with E-state index in [1.54, 1.807) is 11.8 Å². The van der Waals surface area contributed by atoms with Crippen LogP contribution in [0.2, 0.25) is 0 Å². The molecule has 0 bridgehead atoms. The van der Waals surface area contributed by atoms with Gasteiger partial charge in [-0.25, -0.2) is 4.68 Å². The Morgan fingerprint density at radius 2 is 1.93 bits per heavy atom. The summed E-state index contributed by atoms with van der Waals surface area (Å²) in [6, 6.07) is 17.8. The van der Waals surface area contributed by atoms with E-state index in [9.17, 15) is 5.26 Å². The monoisotopic (exact) mass is 372 g/mol. The van der Waals surface area contributed by atoms with E-state index < -0.39 is 0 Å². The lowest BCUT2D eigenvalue weighted by atomic mass is 9.84. The fraction of sp³-hybridized carbons (Fsp3) is 0.182. The molecule has 6 nitrogen and oxygen atoms in total. The van der Waals surface area contributed by atoms with Crippen molar-refractivity contribution < 1.29 is 9.47 Å². The number of nitrogens with two attached hydrogens (primary N) is 1. The van der Waals surface area contributed by atoms with E-state index in [0.717, 1.165) is 28.1 Å². The first kappa shape index (κ1) is 17.7. The highest BCUT2D eigenvalue weighted by Crippen LogP contribution is 2.45. The summed E-state index contributed by atoms with van der Waals surface area (Å²) in [7, 11) is 1.62. The molecule has 0 fully saturated rings. The maximum absolute atomic E-state index is 9.76. The van der Waals surface area contributed by atoms with Crippen LogP contribution in [0.15, 0.2) is 60.0 Å². The van der Waals surface area contributed by atoms with Gasteiger partial charge in [0.1, 0.15) is 17.4 Å². The van der Waals surface area contributed by atoms with E-state index >= 15 is 0 Å². The molecule has 28 heavy (non-hydrogen) atoms. The Morgan fingerprint density at radius 3 is 2.61 bits per heavy atom. The predicted molar refractivity (Wildman–Crippen MR) is 105 cm³/mol. The molecule has 1 aromatic heterocycles. The van der Waals surface area contributed by atoms with Crippen molar-refractivity contribution in [2.24, 2.45) is 5.73 Å². The Bertz CT molecular complexity index is 1120. The Hall–Kier alpha value is -3.72. The third kappa shape index (κ3) is 2.78. The molecule has 0 spiro atoms. The molecular weight excluding hydrogens is 352 g/mol. The van der Waals surface area contributed by atoms with Gasteiger partial charge in [-0.05, 0) is 43.7 Å². The molecule has 0 saturated carbocycles. The minimum Gasteiger partial charge on any atom is -0.497 e. The van der Waals surface area contributed by atoms with Crippen molar-refractivity contribution in [3.05, 3.63) is 82.4 Å². The van der Waals surface area contributed by atoms with E-state index in [1.165, 1.54) is 0 Å². The second-order valence-electron chi connectivity index (χ2n) is 6.75. The van der Waals surface area contributed by atoms with Gasteiger partial charge < -0.3 is 15.2 Å². The van der Waals surface area contributed by atoms with Crippen LogP contribution in [-0.4, -0.2) is 16.9 Å². The second kappa shape index (κ2) is 6.78. The van der Waals surface area contributed by atoms with Crippen LogP contribution in [0.4, 0.5) is 0 Å². The molecule has 140 valence electrons. The van der Waals surface area contributed by atoms with E-state index in [2.05, 4.69) is 11.2 Å². The van der Waals surface area contributed by atoms with E-state index in [0.29, 0.717) is 17.2 Å². The van der Waals surface area contributed by atoms with Crippen molar-refractivity contribution in [1.82, 2.24) is 9.78 Å². The fourth-order valence-corrected chi connectivity index (χ4v) is 3.53. The minimum atomic E-state index is -0.372. The fourth-order valence-electron chi connectivity index (χ4n) is 3.53. The lowest BCUT2D eigenvalue weighted by Crippen LogP contribution is -2.22. The van der Waals surface area contributed by atoms with Crippen molar-refractivity contribution in [1.29, 1.82) is 5.26 Å². The van der Waals surface area contributed by atoms with Gasteiger partial charge in [0.2, 0.25) is 11.8 Å². The maximum atomic E-state index is 9.76. The molecule has 0 radical (unpaired) electrons. The average Bonchev–Trinajstić information content (AvgIpc) is 3.03. The zero-order valence-corrected chi connectivity index (χ0v) is 15.9. The van der Waals surface area contributed by atoms with Gasteiger partial charge >= 0.3 is 0 Å². The molecule has 0 unspecified atom stereocenters. The highest BCUT2D eigenvalue weighted by Gasteiger charge is 2.36. The number of ether oxygens (including phenoxy) is 2. The number of aromatic nitrogens is 2. The van der Waals surface area contributed by atoms with Crippen LogP contribution >= 0.6 is 0 Å². The molecule has 1 aliphatic rings. The summed E-state index contributed by atoms with van der Waals surface area (Å²) < 4.78 is 13.0. The van der Waals surface area contributed by atoms with Crippen LogP contribution in [0.1, 0.15) is 28.3 Å². The summed E-state index contributed by atoms with van der Waals surface area (Å²) >= 11 is 0. The second-order valence-corrected chi connectivity index (χ2v) is 6.75. The Labute approximate surface area is 163 Å². The summed E-state index contributed by atoms with van der Waals surface area (Å²) in [6.45, 7) is 3.94. The minimum absolute atomic E-state index is 0.0936. The zero-order chi connectivity index (χ0) is 19.8. The number of fused-ring (bicyclic) bond motifs is 1. The van der Waals surface area contributed by atoms with Crippen molar-refractivity contribution in [2.45, 2.75) is 19.8 Å². The summed E-state index contributed by atoms with van der Waals surface area (Å²) in [5, 5.41) is 14.4. The van der Waals surface area contributed by atoms with Gasteiger partial charge in [-0.15, -0.1) is 0 Å². The standard InChI is InChI=1S/C22H20N4O2/c1-13-7-9-16(10-8-13)26-22-19(14(2)25-26)20(18(12-23)21(24)28-22)15-5-4-6-17(11-15)27-3/h4-11,20H,24H2,1-3H3/t20-/m0/s1. The third-order valence-electron chi connectivity index (χ3n) is 4.94. The van der Waals surface area contributed by atoms with Gasteiger partial charge in [0.05, 0.1) is 30.0 Å². The molecule has 3 aromatic rings. The van der Waals surface area contributed by atoms with Crippen molar-refractivity contribution in [3.63, 3.8) is 0 Å². The molecule has 6 heteroatoms. The summed E-state index contributed by atoms with van der Waals surface area (Å²) in [6.07, 6.45) is 0. The van der Waals surface area contributed by atoms with Crippen LogP contribution < -0.4 is 15.2 Å². The lowest BCUT2D eigenvalue weighted by Gasteiger charge is -2.25. The van der Waals surface area contributed by atoms with Crippen molar-refractivity contribution >= 4 is 0 Å². The van der Waals surface area contributed by atoms with Crippen molar-refractivity contribution in [2.75, 3.05) is 7.11 Å². The largest absolute Gasteiger partial charge is 0.497 e. The summed E-state index contributed by atoms with van der Waals surface area (Å²) in [4.78, 5) is 0. The number of benzene rings is 2. The van der Waals surface area contributed by atoms with Crippen LogP contribution in [0.25, 0.3) is 5.69 Å². The van der Waals surface area contributed by atoms with Gasteiger partial charge in [-0.1, -0.05) is 29.8 Å². The number of allylic oxidation sites excluding steroid dienone is 1. The van der Waals surface area contributed by atoms with Gasteiger partial charge in [0.15, 0.2) is 0 Å². The number of rotatable bonds is 3. The maximum Gasteiger partial charge on any atom is 0.229 e. The van der Waals surface area contributed by atoms with Crippen molar-refractivity contribution in [3.8, 4) is 23.4 Å². The van der Waals surface area contributed by atoms with Gasteiger partial charge in [0, 0.05) is 0 Å². The summed E-state index contributed by atoms with van der Waals surface area (Å²) in [5.74, 6) is 0.967. The van der Waals surface area contributed by atoms with Crippen LogP contribution in [-0.2, 0) is 0 Å². The number of nitriles is 1. The van der Waals surface area contributed by atoms with Gasteiger partial charge in [-0.2, -0.15) is 10.4 Å². The molecule has 0 aliphatic carbocycles. The van der Waals surface area contributed by atoms with E-state index in [1.807, 2.05) is 62.4 Å². The van der Waals surface area contributed by atoms with Crippen LogP contribution in [0.3, 0.4) is 0 Å². The molecule has 0 amide bonds.